The Bertz CT molecular complexity index is 1030. The predicted octanol–water partition coefficient (Wildman–Crippen LogP) is 2.59. The van der Waals surface area contributed by atoms with Gasteiger partial charge in [-0.3, -0.25) is 4.79 Å². The van der Waals surface area contributed by atoms with Crippen molar-refractivity contribution in [2.24, 2.45) is 5.41 Å². The summed E-state index contributed by atoms with van der Waals surface area (Å²) in [6.07, 6.45) is 3.66. The fraction of sp³-hybridized carbons (Fsp3) is 0.429. The van der Waals surface area contributed by atoms with Crippen LogP contribution >= 0.6 is 0 Å². The molecule has 4 heterocycles. The second-order valence-corrected chi connectivity index (χ2v) is 8.29. The van der Waals surface area contributed by atoms with Gasteiger partial charge in [0, 0.05) is 30.6 Å². The van der Waals surface area contributed by atoms with E-state index in [0.29, 0.717) is 30.5 Å². The molecule has 2 aliphatic rings. The van der Waals surface area contributed by atoms with Crippen molar-refractivity contribution in [1.82, 2.24) is 24.9 Å². The molecule has 2 aromatic heterocycles. The molecule has 150 valence electrons. The van der Waals surface area contributed by atoms with Crippen molar-refractivity contribution in [2.45, 2.75) is 19.3 Å². The van der Waals surface area contributed by atoms with Crippen molar-refractivity contribution < 1.29 is 13.7 Å². The average molecular weight is 393 g/mol. The molecule has 1 aromatic carbocycles. The molecule has 0 aliphatic carbocycles. The second kappa shape index (κ2) is 6.81. The van der Waals surface area contributed by atoms with Crippen molar-refractivity contribution in [2.75, 3.05) is 33.2 Å². The summed E-state index contributed by atoms with van der Waals surface area (Å²) in [6, 6.07) is 8.05. The van der Waals surface area contributed by atoms with Gasteiger partial charge in [0.2, 0.25) is 11.7 Å². The van der Waals surface area contributed by atoms with E-state index < -0.39 is 0 Å². The summed E-state index contributed by atoms with van der Waals surface area (Å²) < 4.78 is 10.7. The van der Waals surface area contributed by atoms with E-state index in [1.165, 1.54) is 12.7 Å². The summed E-state index contributed by atoms with van der Waals surface area (Å²) in [6.45, 7) is 5.10. The van der Waals surface area contributed by atoms with Crippen LogP contribution in [-0.2, 0) is 0 Å². The van der Waals surface area contributed by atoms with Gasteiger partial charge in [-0.05, 0) is 33.0 Å². The molecular weight excluding hydrogens is 370 g/mol. The van der Waals surface area contributed by atoms with Gasteiger partial charge in [0.1, 0.15) is 6.26 Å². The number of aryl methyl sites for hydroxylation is 1. The molecule has 0 saturated carbocycles. The second-order valence-electron chi connectivity index (χ2n) is 8.29. The highest BCUT2D eigenvalue weighted by atomic mass is 16.5. The molecule has 1 amide bonds. The van der Waals surface area contributed by atoms with Crippen molar-refractivity contribution in [3.63, 3.8) is 0 Å². The topological polar surface area (TPSA) is 88.5 Å². The third-order valence-electron chi connectivity index (χ3n) is 6.18. The van der Waals surface area contributed by atoms with E-state index in [-0.39, 0.29) is 17.2 Å². The zero-order chi connectivity index (χ0) is 20.0. The number of hydrogen-bond donors (Lipinski definition) is 0. The molecule has 1 spiro atoms. The van der Waals surface area contributed by atoms with Crippen LogP contribution in [0.1, 0.15) is 34.3 Å². The van der Waals surface area contributed by atoms with Crippen LogP contribution in [0.3, 0.4) is 0 Å². The lowest BCUT2D eigenvalue weighted by atomic mass is 9.77. The minimum Gasteiger partial charge on any atom is -0.451 e. The summed E-state index contributed by atoms with van der Waals surface area (Å²) in [7, 11) is 2.11. The van der Waals surface area contributed by atoms with E-state index in [1.54, 1.807) is 0 Å². The lowest BCUT2D eigenvalue weighted by Gasteiger charge is -2.27. The van der Waals surface area contributed by atoms with Gasteiger partial charge in [0.25, 0.3) is 5.91 Å². The number of amides is 1. The van der Waals surface area contributed by atoms with Gasteiger partial charge in [0.05, 0.1) is 5.92 Å². The molecule has 2 atom stereocenters. The maximum Gasteiger partial charge on any atom is 0.275 e. The fourth-order valence-corrected chi connectivity index (χ4v) is 4.74. The minimum atomic E-state index is -0.117. The van der Waals surface area contributed by atoms with Crippen LogP contribution in [0.25, 0.3) is 11.4 Å². The quantitative estimate of drug-likeness (QED) is 0.676. The number of aromatic nitrogens is 3. The zero-order valence-electron chi connectivity index (χ0n) is 16.5. The van der Waals surface area contributed by atoms with Crippen molar-refractivity contribution in [1.29, 1.82) is 0 Å². The molecule has 2 aliphatic heterocycles. The third kappa shape index (κ3) is 3.13. The summed E-state index contributed by atoms with van der Waals surface area (Å²) in [5.74, 6) is 1.07. The molecule has 2 fully saturated rings. The van der Waals surface area contributed by atoms with Crippen LogP contribution in [0.5, 0.6) is 0 Å². The van der Waals surface area contributed by atoms with Crippen LogP contribution in [-0.4, -0.2) is 64.1 Å². The number of likely N-dealkylation sites (tertiary alicyclic amines) is 2. The number of carbonyl (C=O) groups is 1. The van der Waals surface area contributed by atoms with E-state index in [2.05, 4.69) is 22.1 Å². The summed E-state index contributed by atoms with van der Waals surface area (Å²) in [5, 5.41) is 4.23. The van der Waals surface area contributed by atoms with Crippen LogP contribution in [0.2, 0.25) is 0 Å². The fourth-order valence-electron chi connectivity index (χ4n) is 4.74. The maximum atomic E-state index is 12.9. The smallest absolute Gasteiger partial charge is 0.275 e. The monoisotopic (exact) mass is 393 g/mol. The van der Waals surface area contributed by atoms with Gasteiger partial charge in [-0.15, -0.1) is 0 Å². The van der Waals surface area contributed by atoms with Crippen molar-refractivity contribution in [3.05, 3.63) is 54.1 Å². The highest BCUT2D eigenvalue weighted by Gasteiger charge is 2.53. The van der Waals surface area contributed by atoms with Crippen molar-refractivity contribution in [3.8, 4) is 11.4 Å². The first-order chi connectivity index (χ1) is 14.0. The van der Waals surface area contributed by atoms with Gasteiger partial charge in [-0.1, -0.05) is 28.9 Å². The molecule has 8 heteroatoms. The Balaban J connectivity index is 1.47. The number of carbonyl (C=O) groups excluding carboxylic acids is 1. The normalized spacial score (nSPS) is 24.6. The Hall–Kier alpha value is -3.00. The zero-order valence-corrected chi connectivity index (χ0v) is 16.5. The van der Waals surface area contributed by atoms with Crippen LogP contribution in [0.4, 0.5) is 0 Å². The Morgan fingerprint density at radius 1 is 1.31 bits per heavy atom. The largest absolute Gasteiger partial charge is 0.451 e. The molecule has 2 saturated heterocycles. The van der Waals surface area contributed by atoms with E-state index in [0.717, 1.165) is 30.6 Å². The number of rotatable bonds is 3. The Morgan fingerprint density at radius 2 is 2.21 bits per heavy atom. The summed E-state index contributed by atoms with van der Waals surface area (Å²) >= 11 is 0. The van der Waals surface area contributed by atoms with E-state index in [1.807, 2.05) is 36.1 Å². The predicted molar refractivity (Wildman–Crippen MR) is 104 cm³/mol. The SMILES string of the molecule is Cc1cccc(-c2noc([C@@H]3CN(C(=O)c4cocn4)C[C@@]34CCN(C)C4)n2)c1. The lowest BCUT2D eigenvalue weighted by molar-refractivity contribution is 0.0768. The lowest BCUT2D eigenvalue weighted by Crippen LogP contribution is -2.34. The highest BCUT2D eigenvalue weighted by Crippen LogP contribution is 2.48. The van der Waals surface area contributed by atoms with Gasteiger partial charge >= 0.3 is 0 Å². The van der Waals surface area contributed by atoms with Crippen LogP contribution in [0.15, 0.2) is 45.9 Å². The van der Waals surface area contributed by atoms with Gasteiger partial charge < -0.3 is 18.7 Å². The Kier molecular flexibility index (Phi) is 4.24. The van der Waals surface area contributed by atoms with Gasteiger partial charge in [-0.25, -0.2) is 4.98 Å². The Morgan fingerprint density at radius 3 is 2.93 bits per heavy atom. The molecule has 3 aromatic rings. The van der Waals surface area contributed by atoms with E-state index in [9.17, 15) is 4.79 Å². The van der Waals surface area contributed by atoms with E-state index >= 15 is 0 Å². The molecule has 8 nitrogen and oxygen atoms in total. The first-order valence-electron chi connectivity index (χ1n) is 9.81. The summed E-state index contributed by atoms with van der Waals surface area (Å²) in [4.78, 5) is 25.8. The molecule has 0 radical (unpaired) electrons. The number of hydrogen-bond acceptors (Lipinski definition) is 7. The molecule has 5 rings (SSSR count). The molecular formula is C21H23N5O3. The first-order valence-corrected chi connectivity index (χ1v) is 9.81. The summed E-state index contributed by atoms with van der Waals surface area (Å²) in [5.41, 5.74) is 2.32. The van der Waals surface area contributed by atoms with E-state index in [4.69, 9.17) is 13.9 Å². The number of nitrogens with zero attached hydrogens (tertiary/aromatic N) is 5. The van der Waals surface area contributed by atoms with Crippen LogP contribution < -0.4 is 0 Å². The Labute approximate surface area is 168 Å². The standard InChI is InChI=1S/C21H23N5O3/c1-14-4-3-5-15(8-14)18-23-19(29-24-18)16-9-26(20(27)17-10-28-13-22-17)12-21(16)6-7-25(2)11-21/h3-5,8,10,13,16H,6-7,9,11-12H2,1-2H3/t16-,21-/m0/s1. The first kappa shape index (κ1) is 18.1. The number of oxazole rings is 1. The molecule has 0 N–H and O–H groups in total. The average Bonchev–Trinajstić information content (AvgIpc) is 3.49. The molecule has 0 unspecified atom stereocenters. The minimum absolute atomic E-state index is 0.00522. The van der Waals surface area contributed by atoms with Crippen LogP contribution in [0, 0.1) is 12.3 Å². The maximum absolute atomic E-state index is 12.9. The number of benzene rings is 1. The molecule has 0 bridgehead atoms. The van der Waals surface area contributed by atoms with Gasteiger partial charge in [-0.2, -0.15) is 4.98 Å². The molecule has 29 heavy (non-hydrogen) atoms. The third-order valence-corrected chi connectivity index (χ3v) is 6.18. The van der Waals surface area contributed by atoms with Crippen molar-refractivity contribution >= 4 is 5.91 Å². The van der Waals surface area contributed by atoms with Gasteiger partial charge in [0.15, 0.2) is 12.1 Å². The highest BCUT2D eigenvalue weighted by molar-refractivity contribution is 5.92.